The van der Waals surface area contributed by atoms with Gasteiger partial charge >= 0.3 is 0 Å². The van der Waals surface area contributed by atoms with Crippen LogP contribution >= 0.6 is 0 Å². The lowest BCUT2D eigenvalue weighted by Crippen LogP contribution is -2.32. The van der Waals surface area contributed by atoms with Gasteiger partial charge in [0.05, 0.1) is 12.5 Å². The molecule has 5 nitrogen and oxygen atoms in total. The summed E-state index contributed by atoms with van der Waals surface area (Å²) in [6.45, 7) is 4.77. The van der Waals surface area contributed by atoms with E-state index in [9.17, 15) is 4.79 Å². The Kier molecular flexibility index (Phi) is 3.73. The van der Waals surface area contributed by atoms with Crippen molar-refractivity contribution in [1.29, 1.82) is 0 Å². The second-order valence-corrected chi connectivity index (χ2v) is 5.62. The van der Waals surface area contributed by atoms with Crippen LogP contribution in [-0.2, 0) is 11.2 Å². The first kappa shape index (κ1) is 13.8. The molecule has 2 aromatic rings. The average Bonchev–Trinajstić information content (AvgIpc) is 3.08. The third-order valence-electron chi connectivity index (χ3n) is 4.07. The predicted molar refractivity (Wildman–Crippen MR) is 79.7 cm³/mol. The largest absolute Gasteiger partial charge is 0.335 e. The zero-order chi connectivity index (χ0) is 14.8. The lowest BCUT2D eigenvalue weighted by molar-refractivity contribution is -0.131. The van der Waals surface area contributed by atoms with E-state index in [-0.39, 0.29) is 18.4 Å². The summed E-state index contributed by atoms with van der Waals surface area (Å²) in [6, 6.07) is 8.51. The van der Waals surface area contributed by atoms with Crippen LogP contribution in [0.3, 0.4) is 0 Å². The topological polar surface area (TPSA) is 61.9 Å². The van der Waals surface area contributed by atoms with Crippen molar-refractivity contribution in [3.8, 4) is 0 Å². The fourth-order valence-corrected chi connectivity index (χ4v) is 3.05. The Morgan fingerprint density at radius 1 is 1.38 bits per heavy atom. The van der Waals surface area contributed by atoms with E-state index < -0.39 is 0 Å². The van der Waals surface area contributed by atoms with Gasteiger partial charge in [0.25, 0.3) is 0 Å². The van der Waals surface area contributed by atoms with Gasteiger partial charge in [0.2, 0.25) is 5.91 Å². The third kappa shape index (κ3) is 2.82. The van der Waals surface area contributed by atoms with Gasteiger partial charge < -0.3 is 4.90 Å². The highest BCUT2D eigenvalue weighted by atomic mass is 16.2. The molecule has 21 heavy (non-hydrogen) atoms. The molecule has 0 radical (unpaired) electrons. The number of carbonyl (C=O) groups excluding carboxylic acids is 1. The van der Waals surface area contributed by atoms with Crippen molar-refractivity contribution in [2.24, 2.45) is 0 Å². The van der Waals surface area contributed by atoms with Crippen molar-refractivity contribution in [3.05, 3.63) is 47.0 Å². The molecule has 1 aromatic carbocycles. The lowest BCUT2D eigenvalue weighted by atomic mass is 9.99. The van der Waals surface area contributed by atoms with Crippen molar-refractivity contribution in [1.82, 2.24) is 20.1 Å². The minimum absolute atomic E-state index is 0.111. The van der Waals surface area contributed by atoms with Crippen molar-refractivity contribution in [2.75, 3.05) is 6.54 Å². The first-order valence-electron chi connectivity index (χ1n) is 7.38. The second kappa shape index (κ2) is 5.68. The standard InChI is InChI=1S/C16H20N4O/c1-11-6-3-4-7-13(11)14-8-5-9-20(14)16(21)10-15-17-12(2)18-19-15/h3-4,6-7,14H,5,8-10H2,1-2H3,(H,17,18,19). The molecule has 1 unspecified atom stereocenters. The molecular weight excluding hydrogens is 264 g/mol. The first-order chi connectivity index (χ1) is 10.1. The number of carbonyl (C=O) groups is 1. The van der Waals surface area contributed by atoms with E-state index in [1.165, 1.54) is 11.1 Å². The summed E-state index contributed by atoms with van der Waals surface area (Å²) in [4.78, 5) is 18.8. The van der Waals surface area contributed by atoms with Gasteiger partial charge in [-0.15, -0.1) is 0 Å². The molecule has 5 heteroatoms. The number of likely N-dealkylation sites (tertiary alicyclic amines) is 1. The van der Waals surface area contributed by atoms with Gasteiger partial charge in [-0.3, -0.25) is 9.89 Å². The molecule has 0 saturated carbocycles. The molecule has 0 aliphatic carbocycles. The highest BCUT2D eigenvalue weighted by molar-refractivity contribution is 5.78. The minimum Gasteiger partial charge on any atom is -0.335 e. The number of hydrogen-bond acceptors (Lipinski definition) is 3. The second-order valence-electron chi connectivity index (χ2n) is 5.62. The summed E-state index contributed by atoms with van der Waals surface area (Å²) in [5.74, 6) is 1.43. The molecule has 1 atom stereocenters. The van der Waals surface area contributed by atoms with Crippen LogP contribution in [0.5, 0.6) is 0 Å². The maximum absolute atomic E-state index is 12.6. The third-order valence-corrected chi connectivity index (χ3v) is 4.07. The Bertz CT molecular complexity index is 649. The van der Waals surface area contributed by atoms with E-state index in [1.807, 2.05) is 24.0 Å². The molecule has 3 rings (SSSR count). The summed E-state index contributed by atoms with van der Waals surface area (Å²) in [7, 11) is 0. The van der Waals surface area contributed by atoms with Crippen LogP contribution in [0.1, 0.15) is 41.7 Å². The SMILES string of the molecule is Cc1nc(CC(=O)N2CCCC2c2ccccc2C)n[nH]1. The Morgan fingerprint density at radius 3 is 2.90 bits per heavy atom. The Balaban J connectivity index is 1.77. The van der Waals surface area contributed by atoms with Crippen LogP contribution in [0.15, 0.2) is 24.3 Å². The highest BCUT2D eigenvalue weighted by Crippen LogP contribution is 2.33. The molecule has 110 valence electrons. The van der Waals surface area contributed by atoms with Crippen LogP contribution < -0.4 is 0 Å². The highest BCUT2D eigenvalue weighted by Gasteiger charge is 2.31. The summed E-state index contributed by atoms with van der Waals surface area (Å²) < 4.78 is 0. The maximum atomic E-state index is 12.6. The quantitative estimate of drug-likeness (QED) is 0.941. The van der Waals surface area contributed by atoms with Gasteiger partial charge in [0.1, 0.15) is 5.82 Å². The van der Waals surface area contributed by atoms with Crippen LogP contribution in [-0.4, -0.2) is 32.5 Å². The molecule has 0 spiro atoms. The fraction of sp³-hybridized carbons (Fsp3) is 0.438. The smallest absolute Gasteiger partial charge is 0.230 e. The monoisotopic (exact) mass is 284 g/mol. The van der Waals surface area contributed by atoms with E-state index in [0.717, 1.165) is 25.2 Å². The number of benzene rings is 1. The molecular formula is C16H20N4O. The zero-order valence-electron chi connectivity index (χ0n) is 12.5. The fourth-order valence-electron chi connectivity index (χ4n) is 3.05. The van der Waals surface area contributed by atoms with Crippen molar-refractivity contribution in [2.45, 2.75) is 39.2 Å². The summed E-state index contributed by atoms with van der Waals surface area (Å²) in [5.41, 5.74) is 2.51. The van der Waals surface area contributed by atoms with Crippen LogP contribution in [0, 0.1) is 13.8 Å². The number of aryl methyl sites for hydroxylation is 2. The van der Waals surface area contributed by atoms with Gasteiger partial charge in [0, 0.05) is 6.54 Å². The Labute approximate surface area is 124 Å². The Hall–Kier alpha value is -2.17. The number of nitrogens with zero attached hydrogens (tertiary/aromatic N) is 3. The number of amides is 1. The molecule has 2 heterocycles. The molecule has 1 amide bonds. The number of aromatic nitrogens is 3. The van der Waals surface area contributed by atoms with Crippen molar-refractivity contribution < 1.29 is 4.79 Å². The van der Waals surface area contributed by atoms with E-state index >= 15 is 0 Å². The summed E-state index contributed by atoms with van der Waals surface area (Å²) in [5, 5.41) is 6.84. The minimum atomic E-state index is 0.111. The van der Waals surface area contributed by atoms with E-state index in [4.69, 9.17) is 0 Å². The number of H-pyrrole nitrogens is 1. The van der Waals surface area contributed by atoms with E-state index in [2.05, 4.69) is 34.2 Å². The van der Waals surface area contributed by atoms with Gasteiger partial charge in [0.15, 0.2) is 5.82 Å². The molecule has 1 N–H and O–H groups in total. The van der Waals surface area contributed by atoms with Crippen molar-refractivity contribution >= 4 is 5.91 Å². The van der Waals surface area contributed by atoms with Gasteiger partial charge in [-0.2, -0.15) is 5.10 Å². The van der Waals surface area contributed by atoms with Crippen molar-refractivity contribution in [3.63, 3.8) is 0 Å². The number of rotatable bonds is 3. The van der Waals surface area contributed by atoms with Gasteiger partial charge in [-0.1, -0.05) is 24.3 Å². The van der Waals surface area contributed by atoms with E-state index in [1.54, 1.807) is 0 Å². The van der Waals surface area contributed by atoms with Crippen LogP contribution in [0.25, 0.3) is 0 Å². The molecule has 1 saturated heterocycles. The number of hydrogen-bond donors (Lipinski definition) is 1. The van der Waals surface area contributed by atoms with E-state index in [0.29, 0.717) is 5.82 Å². The Morgan fingerprint density at radius 2 is 2.19 bits per heavy atom. The molecule has 0 bridgehead atoms. The summed E-state index contributed by atoms with van der Waals surface area (Å²) >= 11 is 0. The zero-order valence-corrected chi connectivity index (χ0v) is 12.5. The average molecular weight is 284 g/mol. The first-order valence-corrected chi connectivity index (χ1v) is 7.38. The number of aromatic amines is 1. The molecule has 1 aliphatic rings. The summed E-state index contributed by atoms with van der Waals surface area (Å²) in [6.07, 6.45) is 2.36. The lowest BCUT2D eigenvalue weighted by Gasteiger charge is -2.26. The molecule has 1 aromatic heterocycles. The molecule has 1 aliphatic heterocycles. The van der Waals surface area contributed by atoms with Crippen LogP contribution in [0.2, 0.25) is 0 Å². The predicted octanol–water partition coefficient (Wildman–Crippen LogP) is 2.33. The molecule has 1 fully saturated rings. The van der Waals surface area contributed by atoms with Gasteiger partial charge in [-0.25, -0.2) is 4.98 Å². The maximum Gasteiger partial charge on any atom is 0.230 e. The van der Waals surface area contributed by atoms with Gasteiger partial charge in [-0.05, 0) is 37.8 Å². The normalized spacial score (nSPS) is 18.2. The van der Waals surface area contributed by atoms with Crippen LogP contribution in [0.4, 0.5) is 0 Å². The number of nitrogens with one attached hydrogen (secondary N) is 1.